The lowest BCUT2D eigenvalue weighted by Crippen LogP contribution is -2.30. The Bertz CT molecular complexity index is 575. The molecule has 1 rings (SSSR count). The van der Waals surface area contributed by atoms with Gasteiger partial charge in [-0.05, 0) is 35.0 Å². The molecule has 0 N–H and O–H groups in total. The molecule has 9 heteroatoms. The van der Waals surface area contributed by atoms with E-state index >= 15 is 0 Å². The van der Waals surface area contributed by atoms with Crippen LogP contribution in [0.1, 0.15) is 6.92 Å². The molecule has 0 aliphatic rings. The SMILES string of the molecule is CCN(c1cccc(Br)c1OCC(F)(F)F)S(C)(=O)=O. The highest BCUT2D eigenvalue weighted by molar-refractivity contribution is 9.10. The van der Waals surface area contributed by atoms with E-state index in [2.05, 4.69) is 15.9 Å². The summed E-state index contributed by atoms with van der Waals surface area (Å²) >= 11 is 3.07. The summed E-state index contributed by atoms with van der Waals surface area (Å²) in [6.07, 6.45) is -3.53. The van der Waals surface area contributed by atoms with Crippen LogP contribution < -0.4 is 9.04 Å². The van der Waals surface area contributed by atoms with Crippen LogP contribution >= 0.6 is 15.9 Å². The van der Waals surface area contributed by atoms with Crippen LogP contribution in [-0.4, -0.2) is 34.0 Å². The molecule has 0 radical (unpaired) electrons. The van der Waals surface area contributed by atoms with Gasteiger partial charge >= 0.3 is 6.18 Å². The monoisotopic (exact) mass is 375 g/mol. The number of hydrogen-bond donors (Lipinski definition) is 0. The highest BCUT2D eigenvalue weighted by atomic mass is 79.9. The minimum absolute atomic E-state index is 0.0635. The first-order valence-corrected chi connectivity index (χ1v) is 8.16. The smallest absolute Gasteiger partial charge is 0.422 e. The van der Waals surface area contributed by atoms with Gasteiger partial charge in [0, 0.05) is 6.54 Å². The second kappa shape index (κ2) is 6.21. The summed E-state index contributed by atoms with van der Waals surface area (Å²) in [4.78, 5) is 0. The highest BCUT2D eigenvalue weighted by Crippen LogP contribution is 2.37. The number of hydrogen-bond acceptors (Lipinski definition) is 3. The third-order valence-corrected chi connectivity index (χ3v) is 4.16. The van der Waals surface area contributed by atoms with Gasteiger partial charge in [-0.1, -0.05) is 6.07 Å². The van der Waals surface area contributed by atoms with E-state index in [0.29, 0.717) is 0 Å². The summed E-state index contributed by atoms with van der Waals surface area (Å²) in [5.74, 6) is -0.155. The predicted octanol–water partition coefficient (Wildman–Crippen LogP) is 3.18. The van der Waals surface area contributed by atoms with Crippen molar-refractivity contribution in [3.05, 3.63) is 22.7 Å². The molecule has 0 aliphatic heterocycles. The quantitative estimate of drug-likeness (QED) is 0.793. The lowest BCUT2D eigenvalue weighted by molar-refractivity contribution is -0.153. The lowest BCUT2D eigenvalue weighted by Gasteiger charge is -2.24. The van der Waals surface area contributed by atoms with Crippen molar-refractivity contribution in [1.82, 2.24) is 0 Å². The number of alkyl halides is 3. The molecule has 0 aliphatic carbocycles. The van der Waals surface area contributed by atoms with Crippen molar-refractivity contribution in [1.29, 1.82) is 0 Å². The number of para-hydroxylation sites is 1. The minimum atomic E-state index is -4.51. The first kappa shape index (κ1) is 17.1. The van der Waals surface area contributed by atoms with E-state index in [0.717, 1.165) is 10.6 Å². The summed E-state index contributed by atoms with van der Waals surface area (Å²) < 4.78 is 66.0. The van der Waals surface area contributed by atoms with E-state index in [-0.39, 0.29) is 22.5 Å². The molecule has 0 saturated carbocycles. The van der Waals surface area contributed by atoms with Crippen LogP contribution in [0.25, 0.3) is 0 Å². The van der Waals surface area contributed by atoms with Gasteiger partial charge in [-0.2, -0.15) is 13.2 Å². The molecular weight excluding hydrogens is 363 g/mol. The Hall–Kier alpha value is -0.960. The first-order chi connectivity index (χ1) is 9.06. The van der Waals surface area contributed by atoms with Crippen molar-refractivity contribution in [2.75, 3.05) is 23.7 Å². The Morgan fingerprint density at radius 3 is 2.40 bits per heavy atom. The fraction of sp³-hybridized carbons (Fsp3) is 0.455. The van der Waals surface area contributed by atoms with Gasteiger partial charge in [0.1, 0.15) is 0 Å². The molecule has 0 atom stereocenters. The molecular formula is C11H13BrF3NO3S. The zero-order valence-corrected chi connectivity index (χ0v) is 13.1. The van der Waals surface area contributed by atoms with Gasteiger partial charge in [0.2, 0.25) is 10.0 Å². The van der Waals surface area contributed by atoms with Crippen LogP contribution in [0.15, 0.2) is 22.7 Å². The van der Waals surface area contributed by atoms with Crippen molar-refractivity contribution in [2.45, 2.75) is 13.1 Å². The van der Waals surface area contributed by atoms with Crippen LogP contribution in [0.2, 0.25) is 0 Å². The van der Waals surface area contributed by atoms with Crippen LogP contribution in [0.4, 0.5) is 18.9 Å². The molecule has 0 amide bonds. The van der Waals surface area contributed by atoms with Crippen LogP contribution in [0.5, 0.6) is 5.75 Å². The maximum Gasteiger partial charge on any atom is 0.422 e. The van der Waals surface area contributed by atoms with Crippen LogP contribution in [-0.2, 0) is 10.0 Å². The molecule has 20 heavy (non-hydrogen) atoms. The molecule has 4 nitrogen and oxygen atoms in total. The van der Waals surface area contributed by atoms with E-state index in [4.69, 9.17) is 4.74 Å². The molecule has 0 spiro atoms. The Labute approximate surface area is 123 Å². The van der Waals surface area contributed by atoms with Crippen molar-refractivity contribution < 1.29 is 26.3 Å². The zero-order chi connectivity index (χ0) is 15.6. The average molecular weight is 376 g/mol. The second-order valence-electron chi connectivity index (χ2n) is 3.92. The number of nitrogens with zero attached hydrogens (tertiary/aromatic N) is 1. The third kappa shape index (κ3) is 4.55. The van der Waals surface area contributed by atoms with Gasteiger partial charge in [0.05, 0.1) is 16.4 Å². The fourth-order valence-corrected chi connectivity index (χ4v) is 3.01. The maximum atomic E-state index is 12.2. The zero-order valence-electron chi connectivity index (χ0n) is 10.7. The molecule has 1 aromatic rings. The Balaban J connectivity index is 3.23. The van der Waals surface area contributed by atoms with Crippen LogP contribution in [0.3, 0.4) is 0 Å². The standard InChI is InChI=1S/C11H13BrF3NO3S/c1-3-16(20(2,17)18)9-6-4-5-8(12)10(9)19-7-11(13,14)15/h4-6H,3,7H2,1-2H3. The second-order valence-corrected chi connectivity index (χ2v) is 6.68. The Morgan fingerprint density at radius 1 is 1.35 bits per heavy atom. The highest BCUT2D eigenvalue weighted by Gasteiger charge is 2.30. The van der Waals surface area contributed by atoms with E-state index < -0.39 is 22.8 Å². The number of rotatable bonds is 5. The molecule has 1 aromatic carbocycles. The molecule has 0 heterocycles. The average Bonchev–Trinajstić information content (AvgIpc) is 2.25. The topological polar surface area (TPSA) is 46.6 Å². The molecule has 114 valence electrons. The number of ether oxygens (including phenoxy) is 1. The van der Waals surface area contributed by atoms with Gasteiger partial charge in [-0.3, -0.25) is 4.31 Å². The largest absolute Gasteiger partial charge is 0.481 e. The number of halogens is 4. The number of sulfonamides is 1. The summed E-state index contributed by atoms with van der Waals surface area (Å²) in [6.45, 7) is 0.164. The maximum absolute atomic E-state index is 12.2. The van der Waals surface area contributed by atoms with E-state index in [9.17, 15) is 21.6 Å². The lowest BCUT2D eigenvalue weighted by atomic mass is 10.3. The van der Waals surface area contributed by atoms with Crippen molar-refractivity contribution in [3.63, 3.8) is 0 Å². The van der Waals surface area contributed by atoms with E-state index in [1.165, 1.54) is 18.2 Å². The summed E-state index contributed by atoms with van der Waals surface area (Å²) in [5, 5.41) is 0. The number of benzene rings is 1. The normalized spacial score (nSPS) is 12.3. The molecule has 0 bridgehead atoms. The first-order valence-electron chi connectivity index (χ1n) is 5.52. The molecule has 0 aromatic heterocycles. The van der Waals surface area contributed by atoms with Gasteiger partial charge in [-0.25, -0.2) is 8.42 Å². The fourth-order valence-electron chi connectivity index (χ4n) is 1.57. The molecule has 0 unspecified atom stereocenters. The van der Waals surface area contributed by atoms with Gasteiger partial charge < -0.3 is 4.74 Å². The van der Waals surface area contributed by atoms with E-state index in [1.54, 1.807) is 6.92 Å². The summed E-state index contributed by atoms with van der Waals surface area (Å²) in [6, 6.07) is 4.39. The Morgan fingerprint density at radius 2 is 1.95 bits per heavy atom. The van der Waals surface area contributed by atoms with E-state index in [1.807, 2.05) is 0 Å². The van der Waals surface area contributed by atoms with Gasteiger partial charge in [-0.15, -0.1) is 0 Å². The summed E-state index contributed by atoms with van der Waals surface area (Å²) in [7, 11) is -3.61. The van der Waals surface area contributed by atoms with Gasteiger partial charge in [0.25, 0.3) is 0 Å². The molecule has 0 saturated heterocycles. The third-order valence-electron chi connectivity index (χ3n) is 2.28. The molecule has 0 fully saturated rings. The predicted molar refractivity (Wildman–Crippen MR) is 73.6 cm³/mol. The van der Waals surface area contributed by atoms with Crippen molar-refractivity contribution >= 4 is 31.6 Å². The summed E-state index contributed by atoms with van der Waals surface area (Å²) in [5.41, 5.74) is 0.0635. The Kier molecular flexibility index (Phi) is 5.31. The van der Waals surface area contributed by atoms with Crippen LogP contribution in [0, 0.1) is 0 Å². The van der Waals surface area contributed by atoms with Crippen molar-refractivity contribution in [3.8, 4) is 5.75 Å². The van der Waals surface area contributed by atoms with Gasteiger partial charge in [0.15, 0.2) is 12.4 Å². The minimum Gasteiger partial charge on any atom is -0.481 e. The van der Waals surface area contributed by atoms with Crippen molar-refractivity contribution in [2.24, 2.45) is 0 Å². The number of anilines is 1.